The summed E-state index contributed by atoms with van der Waals surface area (Å²) in [6, 6.07) is 0.231. The predicted molar refractivity (Wildman–Crippen MR) is 184 cm³/mol. The van der Waals surface area contributed by atoms with Crippen LogP contribution in [0.2, 0.25) is 45.3 Å². The van der Waals surface area contributed by atoms with Crippen molar-refractivity contribution in [1.29, 1.82) is 0 Å². The Balaban J connectivity index is 6.32. The Labute approximate surface area is 274 Å². The van der Waals surface area contributed by atoms with E-state index in [0.29, 0.717) is 6.42 Å². The third kappa shape index (κ3) is 18.5. The summed E-state index contributed by atoms with van der Waals surface area (Å²) in [5.41, 5.74) is 1.06. The quantitative estimate of drug-likeness (QED) is 0.0523. The topological polar surface area (TPSA) is 142 Å². The van der Waals surface area contributed by atoms with Crippen molar-refractivity contribution >= 4 is 67.6 Å². The number of rotatable bonds is 22. The van der Waals surface area contributed by atoms with E-state index in [1.807, 2.05) is 39.3 Å². The maximum absolute atomic E-state index is 12.2. The predicted octanol–water partition coefficient (Wildman–Crippen LogP) is 4.09. The summed E-state index contributed by atoms with van der Waals surface area (Å²) in [5, 5.41) is 0. The van der Waals surface area contributed by atoms with Crippen LogP contribution in [-0.4, -0.2) is 92.9 Å². The van der Waals surface area contributed by atoms with Crippen molar-refractivity contribution in [2.24, 2.45) is 0 Å². The van der Waals surface area contributed by atoms with E-state index in [0.717, 1.165) is 0 Å². The molecule has 0 fully saturated rings. The molecule has 12 nitrogen and oxygen atoms in total. The van der Waals surface area contributed by atoms with Gasteiger partial charge < -0.3 is 35.4 Å². The average molecular weight is 721 g/mol. The lowest BCUT2D eigenvalue weighted by molar-refractivity contribution is -0.139. The molecule has 0 bridgehead atoms. The lowest BCUT2D eigenvalue weighted by Crippen LogP contribution is -2.61. The second-order valence-electron chi connectivity index (χ2n) is 12.7. The molecule has 0 N–H and O–H groups in total. The second kappa shape index (κ2) is 18.8. The molecular weight excluding hydrogens is 669 g/mol. The molecule has 256 valence electrons. The van der Waals surface area contributed by atoms with Crippen LogP contribution in [0.3, 0.4) is 0 Å². The monoisotopic (exact) mass is 720 g/mol. The fourth-order valence-electron chi connectivity index (χ4n) is 3.14. The van der Waals surface area contributed by atoms with E-state index in [9.17, 15) is 19.2 Å². The molecule has 0 atom stereocenters. The fraction of sp³-hybridized carbons (Fsp3) is 0.571. The third-order valence-corrected chi connectivity index (χ3v) is 21.7. The Kier molecular flexibility index (Phi) is 17.9. The van der Waals surface area contributed by atoms with E-state index < -0.39 is 67.6 Å². The Bertz CT molecular complexity index is 1090. The summed E-state index contributed by atoms with van der Waals surface area (Å²) < 4.78 is 47.9. The number of esters is 4. The van der Waals surface area contributed by atoms with Crippen LogP contribution in [-0.2, 0) is 54.6 Å². The van der Waals surface area contributed by atoms with Crippen LogP contribution < -0.4 is 0 Å². The summed E-state index contributed by atoms with van der Waals surface area (Å²) in [5.74, 6) is -2.12. The minimum atomic E-state index is -3.71. The Morgan fingerprint density at radius 2 is 0.867 bits per heavy atom. The summed E-state index contributed by atoms with van der Waals surface area (Å²) >= 11 is 0. The maximum atomic E-state index is 12.2. The number of carbonyl (C=O) groups excluding carboxylic acids is 4. The van der Waals surface area contributed by atoms with Gasteiger partial charge in [-0.05, 0) is 73.4 Å². The lowest BCUT2D eigenvalue weighted by Gasteiger charge is -2.41. The van der Waals surface area contributed by atoms with Gasteiger partial charge in [0.25, 0.3) is 10.0 Å². The maximum Gasteiger partial charge on any atom is 0.471 e. The normalized spacial score (nSPS) is 12.4. The van der Waals surface area contributed by atoms with Crippen molar-refractivity contribution in [3.05, 3.63) is 48.6 Å². The van der Waals surface area contributed by atoms with E-state index in [2.05, 4.69) is 26.3 Å². The molecule has 0 aliphatic rings. The molecule has 0 unspecified atom stereocenters. The van der Waals surface area contributed by atoms with Gasteiger partial charge >= 0.3 is 32.7 Å². The van der Waals surface area contributed by atoms with Crippen molar-refractivity contribution < 1.29 is 54.6 Å². The molecule has 0 saturated heterocycles. The van der Waals surface area contributed by atoms with Crippen LogP contribution in [0.4, 0.5) is 0 Å². The van der Waals surface area contributed by atoms with E-state index in [1.165, 1.54) is 0 Å². The van der Waals surface area contributed by atoms with Gasteiger partial charge in [0.1, 0.15) is 18.7 Å². The minimum absolute atomic E-state index is 0.00303. The Morgan fingerprint density at radius 3 is 1.22 bits per heavy atom. The smallest absolute Gasteiger partial charge is 0.463 e. The molecule has 0 aliphatic carbocycles. The van der Waals surface area contributed by atoms with Crippen molar-refractivity contribution in [3.63, 3.8) is 0 Å². The van der Waals surface area contributed by atoms with Crippen LogP contribution >= 0.6 is 0 Å². The van der Waals surface area contributed by atoms with Crippen molar-refractivity contribution in [1.82, 2.24) is 0 Å². The highest BCUT2D eigenvalue weighted by Crippen LogP contribution is 2.28. The van der Waals surface area contributed by atoms with E-state index in [1.54, 1.807) is 27.7 Å². The Hall–Kier alpha value is -2.24. The third-order valence-electron chi connectivity index (χ3n) is 5.50. The summed E-state index contributed by atoms with van der Waals surface area (Å²) in [6.45, 7) is 32.0. The lowest BCUT2D eigenvalue weighted by atomic mass is 10.4. The number of ether oxygens (including phenoxy) is 4. The molecule has 45 heavy (non-hydrogen) atoms. The van der Waals surface area contributed by atoms with Gasteiger partial charge in [-0.2, -0.15) is 0 Å². The summed E-state index contributed by atoms with van der Waals surface area (Å²) in [4.78, 5) is 48.4. The number of hydrogen-bond donors (Lipinski definition) is 0. The van der Waals surface area contributed by atoms with Crippen LogP contribution in [0, 0.1) is 0 Å². The van der Waals surface area contributed by atoms with Crippen LogP contribution in [0.25, 0.3) is 0 Å². The van der Waals surface area contributed by atoms with Gasteiger partial charge in [-0.15, -0.1) is 0 Å². The zero-order valence-corrected chi connectivity index (χ0v) is 34.1. The molecule has 0 spiro atoms. The molecule has 0 aliphatic heterocycles. The largest absolute Gasteiger partial charge is 0.471 e. The molecule has 0 aromatic rings. The highest BCUT2D eigenvalue weighted by molar-refractivity contribution is 6.88. The molecule has 0 aromatic carbocycles. The van der Waals surface area contributed by atoms with Crippen LogP contribution in [0.15, 0.2) is 48.6 Å². The SMILES string of the molecule is C=C(C)C(=O)OCCC[Si](O[SiH2]O[Si](C)(C)COC(=O)C(=C)C)(O[Si](C)(C)COC(=O)C(=C)C)O[Si](C)(C)COC(=O)C(=C)C. The van der Waals surface area contributed by atoms with Gasteiger partial charge in [-0.25, -0.2) is 19.2 Å². The first kappa shape index (κ1) is 42.8. The van der Waals surface area contributed by atoms with Crippen LogP contribution in [0.5, 0.6) is 0 Å². The molecule has 0 saturated carbocycles. The van der Waals surface area contributed by atoms with Gasteiger partial charge in [0.2, 0.25) is 25.0 Å². The number of hydrogen-bond acceptors (Lipinski definition) is 12. The zero-order chi connectivity index (χ0) is 35.2. The highest BCUT2D eigenvalue weighted by Gasteiger charge is 2.50. The van der Waals surface area contributed by atoms with Gasteiger partial charge in [0, 0.05) is 28.3 Å². The van der Waals surface area contributed by atoms with Crippen molar-refractivity contribution in [2.45, 2.75) is 79.4 Å². The fourth-order valence-corrected chi connectivity index (χ4v) is 18.9. The van der Waals surface area contributed by atoms with E-state index in [-0.39, 0.29) is 53.6 Å². The van der Waals surface area contributed by atoms with E-state index >= 15 is 0 Å². The summed E-state index contributed by atoms with van der Waals surface area (Å²) in [6.07, 6.45) is 0.410. The molecule has 0 rings (SSSR count). The van der Waals surface area contributed by atoms with Gasteiger partial charge in [0.05, 0.1) is 6.61 Å². The first-order valence-corrected chi connectivity index (χ1v) is 26.9. The van der Waals surface area contributed by atoms with Gasteiger partial charge in [-0.1, -0.05) is 26.3 Å². The van der Waals surface area contributed by atoms with E-state index in [4.69, 9.17) is 35.4 Å². The molecule has 0 radical (unpaired) electrons. The van der Waals surface area contributed by atoms with Crippen LogP contribution in [0.1, 0.15) is 34.1 Å². The Morgan fingerprint density at radius 1 is 0.533 bits per heavy atom. The number of carbonyl (C=O) groups is 4. The standard InChI is InChI=1S/C28H52O12Si5/c1-21(2)25(29)33-16-15-17-45(39-43(11,12)19-35-27(31)23(5)6,40-44(13,14)20-36-28(32)24(7)8)38-41-37-42(9,10)18-34-26(30)22(3)4/h1,3,5,7,15-20,41H2,2,4,6,8-14H3. The van der Waals surface area contributed by atoms with Crippen molar-refractivity contribution in [2.75, 3.05) is 25.3 Å². The molecule has 0 amide bonds. The second-order valence-corrected chi connectivity index (χ2v) is 30.1. The van der Waals surface area contributed by atoms with Crippen molar-refractivity contribution in [3.8, 4) is 0 Å². The molecule has 0 heterocycles. The minimum Gasteiger partial charge on any atom is -0.463 e. The molecular formula is C28H52O12Si5. The van der Waals surface area contributed by atoms with Gasteiger partial charge in [-0.3, -0.25) is 0 Å². The molecule has 0 aromatic heterocycles. The summed E-state index contributed by atoms with van der Waals surface area (Å²) in [7, 11) is -13.7. The average Bonchev–Trinajstić information content (AvgIpc) is 2.90. The zero-order valence-electron chi connectivity index (χ0n) is 28.7. The first-order chi connectivity index (χ1) is 20.4. The van der Waals surface area contributed by atoms with Gasteiger partial charge in [0.15, 0.2) is 0 Å². The first-order valence-electron chi connectivity index (χ1n) is 14.4. The molecule has 17 heteroatoms. The highest BCUT2D eigenvalue weighted by atomic mass is 28.5.